The predicted molar refractivity (Wildman–Crippen MR) is 201 cm³/mol. The Kier molecular flexibility index (Phi) is 15.6. The average molecular weight is 731 g/mol. The monoisotopic (exact) mass is 730 g/mol. The highest BCUT2D eigenvalue weighted by atomic mass is 32.1. The van der Waals surface area contributed by atoms with Gasteiger partial charge in [0.1, 0.15) is 18.7 Å². The van der Waals surface area contributed by atoms with Gasteiger partial charge in [0.25, 0.3) is 0 Å². The maximum atomic E-state index is 14.1. The number of rotatable bonds is 19. The fraction of sp³-hybridized carbons (Fsp3) is 0.425. The normalized spacial score (nSPS) is 14.1. The topological polar surface area (TPSA) is 156 Å². The Hall–Kier alpha value is -4.81. The molecule has 12 heteroatoms. The number of amides is 3. The lowest BCUT2D eigenvalue weighted by Crippen LogP contribution is -2.57. The molecule has 3 amide bonds. The summed E-state index contributed by atoms with van der Waals surface area (Å²) in [5, 5.41) is 23.3. The summed E-state index contributed by atoms with van der Waals surface area (Å²) >= 11 is 1.36. The van der Waals surface area contributed by atoms with Gasteiger partial charge in [-0.15, -0.1) is 11.3 Å². The summed E-state index contributed by atoms with van der Waals surface area (Å²) < 4.78 is 10.8. The molecule has 0 saturated heterocycles. The number of carbonyl (C=O) groups is 4. The number of hydrogen-bond acceptors (Lipinski definition) is 9. The van der Waals surface area contributed by atoms with Gasteiger partial charge in [-0.1, -0.05) is 107 Å². The molecule has 278 valence electrons. The molecule has 3 aromatic carbocycles. The second-order valence-corrected chi connectivity index (χ2v) is 14.3. The highest BCUT2D eigenvalue weighted by molar-refractivity contribution is 7.07. The van der Waals surface area contributed by atoms with Crippen molar-refractivity contribution in [3.63, 3.8) is 0 Å². The number of nitrogens with one attached hydrogen (secondary N) is 3. The molecule has 4 N–H and O–H groups in total. The van der Waals surface area contributed by atoms with Gasteiger partial charge >= 0.3 is 12.1 Å². The van der Waals surface area contributed by atoms with E-state index < -0.39 is 48.1 Å². The summed E-state index contributed by atoms with van der Waals surface area (Å²) in [5.41, 5.74) is 3.83. The summed E-state index contributed by atoms with van der Waals surface area (Å²) in [5.74, 6) is -1.46. The molecular weight excluding hydrogens is 681 g/mol. The Morgan fingerprint density at radius 1 is 0.827 bits per heavy atom. The number of aromatic nitrogens is 1. The number of fused-ring (bicyclic) bond motifs is 1. The van der Waals surface area contributed by atoms with Gasteiger partial charge in [0, 0.05) is 18.2 Å². The Morgan fingerprint density at radius 2 is 1.52 bits per heavy atom. The number of benzene rings is 3. The lowest BCUT2D eigenvalue weighted by Gasteiger charge is -2.28. The molecule has 4 rings (SSSR count). The van der Waals surface area contributed by atoms with Gasteiger partial charge in [-0.25, -0.2) is 9.78 Å². The third-order valence-electron chi connectivity index (χ3n) is 8.77. The highest BCUT2D eigenvalue weighted by Crippen LogP contribution is 2.21. The molecule has 1 aromatic heterocycles. The van der Waals surface area contributed by atoms with Crippen molar-refractivity contribution in [1.29, 1.82) is 0 Å². The van der Waals surface area contributed by atoms with E-state index in [-0.39, 0.29) is 44.3 Å². The summed E-state index contributed by atoms with van der Waals surface area (Å²) in [6.45, 7) is 8.12. The number of thiazole rings is 1. The average Bonchev–Trinajstić information content (AvgIpc) is 3.65. The molecule has 0 saturated carbocycles. The van der Waals surface area contributed by atoms with Crippen LogP contribution in [-0.2, 0) is 43.3 Å². The predicted octanol–water partition coefficient (Wildman–Crippen LogP) is 5.73. The van der Waals surface area contributed by atoms with Crippen molar-refractivity contribution in [1.82, 2.24) is 20.9 Å². The van der Waals surface area contributed by atoms with E-state index in [4.69, 9.17) is 9.47 Å². The highest BCUT2D eigenvalue weighted by Gasteiger charge is 2.32. The number of esters is 1. The molecule has 5 atom stereocenters. The Labute approximate surface area is 309 Å². The number of alkyl carbamates (subject to hydrolysis) is 1. The molecule has 0 aliphatic heterocycles. The summed E-state index contributed by atoms with van der Waals surface area (Å²) in [7, 11) is 0. The molecule has 2 unspecified atom stereocenters. The van der Waals surface area contributed by atoms with E-state index in [0.717, 1.165) is 28.3 Å². The first-order chi connectivity index (χ1) is 25.0. The second-order valence-electron chi connectivity index (χ2n) is 13.6. The van der Waals surface area contributed by atoms with E-state index in [9.17, 15) is 24.3 Å². The minimum absolute atomic E-state index is 0.00880. The largest absolute Gasteiger partial charge is 0.465 e. The Balaban J connectivity index is 1.54. The van der Waals surface area contributed by atoms with Gasteiger partial charge in [-0.3, -0.25) is 14.4 Å². The molecular formula is C40H50N4O7S. The smallest absolute Gasteiger partial charge is 0.408 e. The number of nitrogens with zero attached hydrogens (tertiary/aromatic N) is 1. The number of aliphatic hydroxyl groups is 1. The van der Waals surface area contributed by atoms with Gasteiger partial charge in [0.2, 0.25) is 11.8 Å². The van der Waals surface area contributed by atoms with Crippen LogP contribution >= 0.6 is 11.3 Å². The van der Waals surface area contributed by atoms with Crippen molar-refractivity contribution in [2.45, 2.75) is 90.6 Å². The minimum Gasteiger partial charge on any atom is -0.465 e. The van der Waals surface area contributed by atoms with Crippen LogP contribution in [0, 0.1) is 11.8 Å². The van der Waals surface area contributed by atoms with Crippen LogP contribution in [0.3, 0.4) is 0 Å². The Bertz CT molecular complexity index is 1730. The van der Waals surface area contributed by atoms with Crippen molar-refractivity contribution >= 4 is 46.0 Å². The lowest BCUT2D eigenvalue weighted by molar-refractivity contribution is -0.148. The van der Waals surface area contributed by atoms with Crippen LogP contribution in [-0.4, -0.2) is 64.8 Å². The van der Waals surface area contributed by atoms with Crippen LogP contribution < -0.4 is 16.0 Å². The second kappa shape index (κ2) is 20.3. The quantitative estimate of drug-likeness (QED) is 0.0892. The Morgan fingerprint density at radius 3 is 2.23 bits per heavy atom. The molecule has 1 heterocycles. The third kappa shape index (κ3) is 12.8. The fourth-order valence-corrected chi connectivity index (χ4v) is 6.24. The van der Waals surface area contributed by atoms with Gasteiger partial charge in [0.05, 0.1) is 36.4 Å². The molecule has 0 aliphatic carbocycles. The van der Waals surface area contributed by atoms with Crippen molar-refractivity contribution in [3.8, 4) is 0 Å². The van der Waals surface area contributed by atoms with E-state index >= 15 is 0 Å². The SMILES string of the molecule is CCC(C)COC(=O)C[C@H](O)[C@H](CC(C)C)NC(=O)C(Cc1cscn1)NC(=O)[C@H](Cc1cccc2ccccc12)NC(=O)OCc1ccccc1. The molecule has 0 fully saturated rings. The van der Waals surface area contributed by atoms with Crippen molar-refractivity contribution < 1.29 is 33.8 Å². The molecule has 4 aromatic rings. The van der Waals surface area contributed by atoms with Gasteiger partial charge in [0.15, 0.2) is 0 Å². The summed E-state index contributed by atoms with van der Waals surface area (Å²) in [4.78, 5) is 58.1. The fourth-order valence-electron chi connectivity index (χ4n) is 5.66. The van der Waals surface area contributed by atoms with Gasteiger partial charge in [-0.2, -0.15) is 0 Å². The number of carbonyl (C=O) groups excluding carboxylic acids is 4. The molecule has 11 nitrogen and oxygen atoms in total. The summed E-state index contributed by atoms with van der Waals surface area (Å²) in [6.07, 6.45) is -0.896. The summed E-state index contributed by atoms with van der Waals surface area (Å²) in [6, 6.07) is 19.7. The van der Waals surface area contributed by atoms with Crippen LogP contribution in [0.1, 0.15) is 63.8 Å². The van der Waals surface area contributed by atoms with Gasteiger partial charge < -0.3 is 30.5 Å². The number of ether oxygens (including phenoxy) is 2. The maximum absolute atomic E-state index is 14.1. The van der Waals surface area contributed by atoms with Crippen LogP contribution in [0.4, 0.5) is 4.79 Å². The first kappa shape index (κ1) is 40.0. The van der Waals surface area contributed by atoms with Crippen molar-refractivity contribution in [3.05, 3.63) is 101 Å². The van der Waals surface area contributed by atoms with E-state index in [0.29, 0.717) is 12.1 Å². The first-order valence-electron chi connectivity index (χ1n) is 17.8. The zero-order chi connectivity index (χ0) is 37.5. The molecule has 0 radical (unpaired) electrons. The molecule has 0 aliphatic rings. The number of aliphatic hydroxyl groups excluding tert-OH is 1. The zero-order valence-electron chi connectivity index (χ0n) is 30.2. The molecule has 0 bridgehead atoms. The van der Waals surface area contributed by atoms with Crippen LogP contribution in [0.15, 0.2) is 83.7 Å². The zero-order valence-corrected chi connectivity index (χ0v) is 31.1. The third-order valence-corrected chi connectivity index (χ3v) is 9.41. The van der Waals surface area contributed by atoms with Crippen LogP contribution in [0.2, 0.25) is 0 Å². The molecule has 0 spiro atoms. The lowest BCUT2D eigenvalue weighted by atomic mass is 9.96. The van der Waals surface area contributed by atoms with E-state index in [1.54, 1.807) is 10.9 Å². The first-order valence-corrected chi connectivity index (χ1v) is 18.7. The van der Waals surface area contributed by atoms with E-state index in [2.05, 4.69) is 20.9 Å². The van der Waals surface area contributed by atoms with E-state index in [1.807, 2.05) is 100 Å². The number of hydrogen-bond donors (Lipinski definition) is 4. The maximum Gasteiger partial charge on any atom is 0.408 e. The minimum atomic E-state index is -1.22. The van der Waals surface area contributed by atoms with Crippen molar-refractivity contribution in [2.75, 3.05) is 6.61 Å². The van der Waals surface area contributed by atoms with Crippen LogP contribution in [0.25, 0.3) is 10.8 Å². The standard InChI is InChI=1S/C40H50N4O7S/c1-5-27(4)22-50-37(46)21-36(45)33(18-26(2)3)42-39(48)35(20-31-24-52-25-41-31)43-38(47)34(44-40(49)51-23-28-12-7-6-8-13-28)19-30-16-11-15-29-14-9-10-17-32(29)30/h6-17,24-27,33-36,45H,5,18-23H2,1-4H3,(H,42,48)(H,43,47)(H,44,49)/t27?,33-,34-,35?,36-/m0/s1. The van der Waals surface area contributed by atoms with E-state index in [1.165, 1.54) is 11.3 Å². The van der Waals surface area contributed by atoms with Crippen molar-refractivity contribution in [2.24, 2.45) is 11.8 Å². The van der Waals surface area contributed by atoms with Crippen LogP contribution in [0.5, 0.6) is 0 Å². The molecule has 52 heavy (non-hydrogen) atoms. The van der Waals surface area contributed by atoms with Gasteiger partial charge in [-0.05, 0) is 40.2 Å².